The van der Waals surface area contributed by atoms with Gasteiger partial charge >= 0.3 is 12.2 Å². The molecule has 1 saturated carbocycles. The highest BCUT2D eigenvalue weighted by Crippen LogP contribution is 2.47. The van der Waals surface area contributed by atoms with E-state index in [9.17, 15) is 17.6 Å². The molecule has 0 amide bonds. The summed E-state index contributed by atoms with van der Waals surface area (Å²) in [5.74, 6) is -0.760. The van der Waals surface area contributed by atoms with E-state index < -0.39 is 28.8 Å². The summed E-state index contributed by atoms with van der Waals surface area (Å²) in [5.41, 5.74) is 3.38. The molecule has 4 N–H and O–H groups in total. The van der Waals surface area contributed by atoms with Crippen LogP contribution in [0.25, 0.3) is 22.2 Å². The van der Waals surface area contributed by atoms with E-state index in [2.05, 4.69) is 29.8 Å². The van der Waals surface area contributed by atoms with Crippen molar-refractivity contribution in [2.75, 3.05) is 57.6 Å². The molecule has 2 fully saturated rings. The van der Waals surface area contributed by atoms with Crippen molar-refractivity contribution in [1.29, 1.82) is 0 Å². The highest BCUT2D eigenvalue weighted by molar-refractivity contribution is 7.28. The van der Waals surface area contributed by atoms with Gasteiger partial charge in [0.05, 0.1) is 54.6 Å². The molecule has 50 heavy (non-hydrogen) atoms. The van der Waals surface area contributed by atoms with Crippen LogP contribution in [0, 0.1) is 18.2 Å². The van der Waals surface area contributed by atoms with E-state index in [-0.39, 0.29) is 51.7 Å². The standard InChI is InChI=1S/C31H42F4N7O3P.2C2H6/c1-6-16(2)45-28-21-25(26(46)24(39-28)19-13-20(36)23(32)17(3)22(19)31(33,34)35)40-29(41-27(21)38-18(4)37-5)44-15-30(7-8-30)14-42-9-11-43-12-10-42;2*1-2/h13,16,18,37H,6-12,14-15,36,46H2,1-5H3,(H,38,40,41);2*1-2H3. The number of fused-ring (bicyclic) bond motifs is 1. The Morgan fingerprint density at radius 2 is 1.74 bits per heavy atom. The molecule has 1 saturated heterocycles. The van der Waals surface area contributed by atoms with Crippen molar-refractivity contribution >= 4 is 37.0 Å². The summed E-state index contributed by atoms with van der Waals surface area (Å²) in [4.78, 5) is 16.4. The number of benzene rings is 1. The molecule has 3 unspecified atom stereocenters. The predicted molar refractivity (Wildman–Crippen MR) is 196 cm³/mol. The first-order valence-electron chi connectivity index (χ1n) is 17.5. The summed E-state index contributed by atoms with van der Waals surface area (Å²) in [6.45, 7) is 19.1. The van der Waals surface area contributed by atoms with Gasteiger partial charge in [-0.15, -0.1) is 9.24 Å². The third-order valence-electron chi connectivity index (χ3n) is 8.69. The van der Waals surface area contributed by atoms with E-state index in [1.807, 2.05) is 48.5 Å². The number of pyridine rings is 1. The van der Waals surface area contributed by atoms with Crippen molar-refractivity contribution in [3.05, 3.63) is 23.0 Å². The molecule has 3 heterocycles. The van der Waals surface area contributed by atoms with Crippen molar-refractivity contribution in [1.82, 2.24) is 25.2 Å². The molecular weight excluding hydrogens is 673 g/mol. The number of hydrogen-bond acceptors (Lipinski definition) is 10. The minimum Gasteiger partial charge on any atom is -0.474 e. The second kappa shape index (κ2) is 17.9. The van der Waals surface area contributed by atoms with Gasteiger partial charge in [0.25, 0.3) is 0 Å². The first-order chi connectivity index (χ1) is 23.8. The van der Waals surface area contributed by atoms with Crippen molar-refractivity contribution in [2.45, 2.75) is 93.1 Å². The van der Waals surface area contributed by atoms with E-state index in [0.717, 1.165) is 45.5 Å². The summed E-state index contributed by atoms with van der Waals surface area (Å²) in [6.07, 6.45) is -2.90. The molecule has 0 spiro atoms. The Morgan fingerprint density at radius 1 is 1.10 bits per heavy atom. The Hall–Kier alpha value is -3.06. The second-order valence-electron chi connectivity index (χ2n) is 12.3. The van der Waals surface area contributed by atoms with E-state index in [4.69, 9.17) is 29.9 Å². The molecule has 3 atom stereocenters. The number of anilines is 2. The molecule has 1 aliphatic heterocycles. The Bertz CT molecular complexity index is 1580. The van der Waals surface area contributed by atoms with Crippen LogP contribution in [0.5, 0.6) is 11.9 Å². The normalized spacial score (nSPS) is 16.8. The number of alkyl halides is 3. The fraction of sp³-hybridized carbons (Fsp3) is 0.629. The van der Waals surface area contributed by atoms with Gasteiger partial charge in [-0.1, -0.05) is 34.6 Å². The zero-order valence-corrected chi connectivity index (χ0v) is 31.9. The molecule has 0 bridgehead atoms. The van der Waals surface area contributed by atoms with E-state index in [0.29, 0.717) is 37.4 Å². The van der Waals surface area contributed by atoms with Gasteiger partial charge < -0.3 is 30.6 Å². The van der Waals surface area contributed by atoms with Gasteiger partial charge in [-0.25, -0.2) is 9.37 Å². The molecule has 2 aliphatic rings. The maximum Gasteiger partial charge on any atom is 0.417 e. The lowest BCUT2D eigenvalue weighted by Crippen LogP contribution is -2.41. The molecule has 2 aromatic heterocycles. The van der Waals surface area contributed by atoms with Crippen LogP contribution in [0.2, 0.25) is 0 Å². The number of ether oxygens (including phenoxy) is 3. The SMILES string of the molecule is CC.CC.CCC(C)Oc1nc(-c2cc(N)c(F)c(C)c2C(F)(F)F)c(P)c2nc(OCC3(CN4CCOCC4)CC3)nc(NC(C)NC)c12. The molecule has 15 heteroatoms. The highest BCUT2D eigenvalue weighted by Gasteiger charge is 2.45. The summed E-state index contributed by atoms with van der Waals surface area (Å²) in [6, 6.07) is 1.02. The summed E-state index contributed by atoms with van der Waals surface area (Å²) >= 11 is 0. The van der Waals surface area contributed by atoms with Gasteiger partial charge in [0.2, 0.25) is 5.88 Å². The lowest BCUT2D eigenvalue weighted by molar-refractivity contribution is -0.137. The van der Waals surface area contributed by atoms with Crippen molar-refractivity contribution in [3.8, 4) is 23.1 Å². The minimum absolute atomic E-state index is 0.0301. The van der Waals surface area contributed by atoms with Gasteiger partial charge in [0, 0.05) is 35.9 Å². The van der Waals surface area contributed by atoms with Gasteiger partial charge in [0.15, 0.2) is 0 Å². The smallest absolute Gasteiger partial charge is 0.417 e. The zero-order chi connectivity index (χ0) is 37.4. The number of aromatic nitrogens is 3. The van der Waals surface area contributed by atoms with Crippen LogP contribution >= 0.6 is 9.24 Å². The summed E-state index contributed by atoms with van der Waals surface area (Å²) in [7, 11) is 4.23. The van der Waals surface area contributed by atoms with Crippen molar-refractivity contribution in [3.63, 3.8) is 0 Å². The van der Waals surface area contributed by atoms with Gasteiger partial charge in [-0.05, 0) is 58.7 Å². The fourth-order valence-corrected chi connectivity index (χ4v) is 5.95. The predicted octanol–water partition coefficient (Wildman–Crippen LogP) is 6.94. The molecule has 10 nitrogen and oxygen atoms in total. The van der Waals surface area contributed by atoms with Crippen LogP contribution in [0.4, 0.5) is 29.1 Å². The van der Waals surface area contributed by atoms with Gasteiger partial charge in [0.1, 0.15) is 17.0 Å². The summed E-state index contributed by atoms with van der Waals surface area (Å²) in [5, 5.41) is 6.99. The van der Waals surface area contributed by atoms with Crippen LogP contribution in [0.3, 0.4) is 0 Å². The van der Waals surface area contributed by atoms with Crippen LogP contribution < -0.4 is 31.1 Å². The quantitative estimate of drug-likeness (QED) is 0.0784. The summed E-state index contributed by atoms with van der Waals surface area (Å²) < 4.78 is 76.1. The van der Waals surface area contributed by atoms with Crippen LogP contribution in [-0.4, -0.2) is 78.6 Å². The molecule has 0 radical (unpaired) electrons. The van der Waals surface area contributed by atoms with Gasteiger partial charge in [-0.2, -0.15) is 23.1 Å². The second-order valence-corrected chi connectivity index (χ2v) is 12.8. The third kappa shape index (κ3) is 9.63. The Kier molecular flexibility index (Phi) is 14.8. The third-order valence-corrected chi connectivity index (χ3v) is 9.24. The van der Waals surface area contributed by atoms with Crippen LogP contribution in [0.1, 0.15) is 78.9 Å². The number of nitrogens with zero attached hydrogens (tertiary/aromatic N) is 4. The Labute approximate surface area is 295 Å². The maximum atomic E-state index is 14.7. The average molecular weight is 728 g/mol. The van der Waals surface area contributed by atoms with Crippen LogP contribution in [-0.2, 0) is 10.9 Å². The number of morpholine rings is 1. The molecule has 280 valence electrons. The number of nitrogens with two attached hydrogens (primary N) is 1. The fourth-order valence-electron chi connectivity index (χ4n) is 5.53. The van der Waals surface area contributed by atoms with E-state index in [1.54, 1.807) is 7.05 Å². The largest absolute Gasteiger partial charge is 0.474 e. The molecular formula is C35H54F4N7O3P. The Morgan fingerprint density at radius 3 is 2.30 bits per heavy atom. The number of nitrogens with one attached hydrogen (secondary N) is 2. The van der Waals surface area contributed by atoms with Crippen LogP contribution in [0.15, 0.2) is 6.07 Å². The molecule has 1 aromatic carbocycles. The van der Waals surface area contributed by atoms with Crippen molar-refractivity contribution in [2.24, 2.45) is 5.41 Å². The number of rotatable bonds is 12. The molecule has 5 rings (SSSR count). The first-order valence-corrected chi connectivity index (χ1v) is 18.0. The first kappa shape index (κ1) is 41.4. The minimum atomic E-state index is -4.90. The highest BCUT2D eigenvalue weighted by atomic mass is 31.0. The van der Waals surface area contributed by atoms with E-state index >= 15 is 0 Å². The number of nitrogen functional groups attached to an aromatic ring is 1. The van der Waals surface area contributed by atoms with Crippen molar-refractivity contribution < 1.29 is 31.8 Å². The topological polar surface area (TPSA) is 120 Å². The monoisotopic (exact) mass is 727 g/mol. The molecule has 3 aromatic rings. The number of halogens is 4. The van der Waals surface area contributed by atoms with Gasteiger partial charge in [-0.3, -0.25) is 4.90 Å². The number of hydrogen-bond donors (Lipinski definition) is 3. The molecule has 1 aliphatic carbocycles. The maximum absolute atomic E-state index is 14.7. The lowest BCUT2D eigenvalue weighted by Gasteiger charge is -2.30. The zero-order valence-electron chi connectivity index (χ0n) is 30.8. The Balaban J connectivity index is 0.00000163. The van der Waals surface area contributed by atoms with E-state index in [1.165, 1.54) is 0 Å². The lowest BCUT2D eigenvalue weighted by atomic mass is 9.96. The average Bonchev–Trinajstić information content (AvgIpc) is 3.87.